The SMILES string of the molecule is COc1cc(Nc2c(C(=O)N3CCCC(C)C3)cnc3nc(C)ccc23)cc(OC)c1. The first kappa shape index (κ1) is 20.9. The summed E-state index contributed by atoms with van der Waals surface area (Å²) >= 11 is 0. The normalized spacial score (nSPS) is 16.3. The van der Waals surface area contributed by atoms with Crippen LogP contribution >= 0.6 is 0 Å². The number of nitrogens with one attached hydrogen (secondary N) is 1. The maximum absolute atomic E-state index is 13.5. The molecule has 0 spiro atoms. The number of methoxy groups -OCH3 is 2. The highest BCUT2D eigenvalue weighted by molar-refractivity contribution is 6.07. The van der Waals surface area contributed by atoms with Crippen molar-refractivity contribution in [3.63, 3.8) is 0 Å². The van der Waals surface area contributed by atoms with Gasteiger partial charge in [0, 0.05) is 54.3 Å². The average Bonchev–Trinajstić information content (AvgIpc) is 2.78. The number of amides is 1. The van der Waals surface area contributed by atoms with E-state index in [1.807, 2.05) is 42.2 Å². The number of carbonyl (C=O) groups is 1. The minimum atomic E-state index is -0.0149. The van der Waals surface area contributed by atoms with E-state index in [1.165, 1.54) is 0 Å². The first-order valence-electron chi connectivity index (χ1n) is 10.5. The number of benzene rings is 1. The molecule has 3 heterocycles. The van der Waals surface area contributed by atoms with Crippen molar-refractivity contribution in [2.24, 2.45) is 5.92 Å². The number of anilines is 2. The Hall–Kier alpha value is -3.35. The summed E-state index contributed by atoms with van der Waals surface area (Å²) in [4.78, 5) is 24.5. The van der Waals surface area contributed by atoms with Crippen molar-refractivity contribution >= 4 is 28.3 Å². The summed E-state index contributed by atoms with van der Waals surface area (Å²) < 4.78 is 10.8. The highest BCUT2D eigenvalue weighted by Crippen LogP contribution is 2.33. The molecule has 3 aromatic rings. The van der Waals surface area contributed by atoms with Gasteiger partial charge in [0.25, 0.3) is 5.91 Å². The molecular formula is C24H28N4O3. The van der Waals surface area contributed by atoms with Gasteiger partial charge in [0.1, 0.15) is 11.5 Å². The largest absolute Gasteiger partial charge is 0.497 e. The van der Waals surface area contributed by atoms with E-state index < -0.39 is 0 Å². The van der Waals surface area contributed by atoms with Crippen LogP contribution in [-0.4, -0.2) is 48.1 Å². The lowest BCUT2D eigenvalue weighted by Crippen LogP contribution is -2.39. The van der Waals surface area contributed by atoms with Crippen LogP contribution in [-0.2, 0) is 0 Å². The zero-order valence-electron chi connectivity index (χ0n) is 18.4. The van der Waals surface area contributed by atoms with Crippen molar-refractivity contribution in [3.8, 4) is 11.5 Å². The molecule has 1 saturated heterocycles. The van der Waals surface area contributed by atoms with Crippen LogP contribution in [0.15, 0.2) is 36.5 Å². The molecule has 7 nitrogen and oxygen atoms in total. The first-order chi connectivity index (χ1) is 15.0. The number of rotatable bonds is 5. The minimum absolute atomic E-state index is 0.0149. The van der Waals surface area contributed by atoms with E-state index in [2.05, 4.69) is 22.2 Å². The maximum Gasteiger partial charge on any atom is 0.257 e. The number of hydrogen-bond donors (Lipinski definition) is 1. The second kappa shape index (κ2) is 8.79. The van der Waals surface area contributed by atoms with Crippen LogP contribution in [0.4, 0.5) is 11.4 Å². The van der Waals surface area contributed by atoms with E-state index in [0.717, 1.165) is 42.7 Å². The molecule has 162 valence electrons. The zero-order chi connectivity index (χ0) is 22.0. The summed E-state index contributed by atoms with van der Waals surface area (Å²) in [5, 5.41) is 4.22. The number of pyridine rings is 2. The second-order valence-electron chi connectivity index (χ2n) is 8.10. The van der Waals surface area contributed by atoms with Crippen LogP contribution < -0.4 is 14.8 Å². The van der Waals surface area contributed by atoms with Crippen LogP contribution in [0.1, 0.15) is 35.8 Å². The third-order valence-corrected chi connectivity index (χ3v) is 5.66. The molecule has 1 N–H and O–H groups in total. The number of aryl methyl sites for hydroxylation is 1. The van der Waals surface area contributed by atoms with Gasteiger partial charge in [-0.2, -0.15) is 0 Å². The number of fused-ring (bicyclic) bond motifs is 1. The van der Waals surface area contributed by atoms with Crippen molar-refractivity contribution in [1.29, 1.82) is 0 Å². The first-order valence-corrected chi connectivity index (χ1v) is 10.5. The van der Waals surface area contributed by atoms with Gasteiger partial charge in [-0.05, 0) is 37.8 Å². The highest BCUT2D eigenvalue weighted by Gasteiger charge is 2.25. The number of aromatic nitrogens is 2. The maximum atomic E-state index is 13.5. The third kappa shape index (κ3) is 4.40. The molecule has 0 aliphatic carbocycles. The monoisotopic (exact) mass is 420 g/mol. The van der Waals surface area contributed by atoms with Gasteiger partial charge in [0.2, 0.25) is 0 Å². The molecule has 1 amide bonds. The second-order valence-corrected chi connectivity index (χ2v) is 8.10. The summed E-state index contributed by atoms with van der Waals surface area (Å²) in [6.45, 7) is 5.64. The number of ether oxygens (including phenoxy) is 2. The fourth-order valence-electron chi connectivity index (χ4n) is 4.04. The van der Waals surface area contributed by atoms with E-state index in [9.17, 15) is 4.79 Å². The lowest BCUT2D eigenvalue weighted by molar-refractivity contribution is 0.0684. The molecule has 1 aromatic carbocycles. The van der Waals surface area contributed by atoms with E-state index in [-0.39, 0.29) is 5.91 Å². The van der Waals surface area contributed by atoms with Crippen LogP contribution in [0.2, 0.25) is 0 Å². The molecule has 1 aliphatic heterocycles. The van der Waals surface area contributed by atoms with E-state index in [0.29, 0.717) is 34.3 Å². The number of piperidine rings is 1. The van der Waals surface area contributed by atoms with Gasteiger partial charge in [-0.3, -0.25) is 4.79 Å². The summed E-state index contributed by atoms with van der Waals surface area (Å²) in [6.07, 6.45) is 3.80. The molecule has 0 radical (unpaired) electrons. The Labute approximate surface area is 182 Å². The fraction of sp³-hybridized carbons (Fsp3) is 0.375. The third-order valence-electron chi connectivity index (χ3n) is 5.66. The number of likely N-dealkylation sites (tertiary alicyclic amines) is 1. The zero-order valence-corrected chi connectivity index (χ0v) is 18.4. The highest BCUT2D eigenvalue weighted by atomic mass is 16.5. The van der Waals surface area contributed by atoms with Crippen LogP contribution in [0.3, 0.4) is 0 Å². The van der Waals surface area contributed by atoms with Gasteiger partial charge in [-0.1, -0.05) is 6.92 Å². The minimum Gasteiger partial charge on any atom is -0.497 e. The Morgan fingerprint density at radius 3 is 2.58 bits per heavy atom. The van der Waals surface area contributed by atoms with Gasteiger partial charge in [0.15, 0.2) is 5.65 Å². The molecule has 7 heteroatoms. The van der Waals surface area contributed by atoms with Crippen molar-refractivity contribution in [1.82, 2.24) is 14.9 Å². The summed E-state index contributed by atoms with van der Waals surface area (Å²) in [7, 11) is 3.22. The Morgan fingerprint density at radius 2 is 1.90 bits per heavy atom. The molecule has 1 aliphatic rings. The Kier molecular flexibility index (Phi) is 5.93. The van der Waals surface area contributed by atoms with Crippen LogP contribution in [0.5, 0.6) is 11.5 Å². The fourth-order valence-corrected chi connectivity index (χ4v) is 4.04. The van der Waals surface area contributed by atoms with E-state index in [4.69, 9.17) is 9.47 Å². The van der Waals surface area contributed by atoms with Gasteiger partial charge in [-0.25, -0.2) is 9.97 Å². The predicted molar refractivity (Wildman–Crippen MR) is 121 cm³/mol. The molecule has 0 saturated carbocycles. The van der Waals surface area contributed by atoms with Crippen LogP contribution in [0.25, 0.3) is 11.0 Å². The standard InChI is InChI=1S/C24H28N4O3/c1-15-6-5-9-28(14-15)24(29)21-13-25-23-20(8-7-16(2)26-23)22(21)27-17-10-18(30-3)12-19(11-17)31-4/h7-8,10-13,15H,5-6,9,14H2,1-4H3,(H,25,26,27). The van der Waals surface area contributed by atoms with Crippen molar-refractivity contribution in [2.45, 2.75) is 26.7 Å². The number of nitrogens with zero attached hydrogens (tertiary/aromatic N) is 3. The Bertz CT molecular complexity index is 1090. The lowest BCUT2D eigenvalue weighted by Gasteiger charge is -2.31. The average molecular weight is 421 g/mol. The topological polar surface area (TPSA) is 76.6 Å². The van der Waals surface area contributed by atoms with Gasteiger partial charge < -0.3 is 19.7 Å². The molecule has 0 bridgehead atoms. The summed E-state index contributed by atoms with van der Waals surface area (Å²) in [5.41, 5.74) is 3.45. The van der Waals surface area contributed by atoms with Crippen molar-refractivity contribution in [3.05, 3.63) is 47.8 Å². The summed E-state index contributed by atoms with van der Waals surface area (Å²) in [5.74, 6) is 1.80. The van der Waals surface area contributed by atoms with Gasteiger partial charge in [-0.15, -0.1) is 0 Å². The lowest BCUT2D eigenvalue weighted by atomic mass is 9.99. The van der Waals surface area contributed by atoms with Crippen LogP contribution in [0, 0.1) is 12.8 Å². The molecule has 31 heavy (non-hydrogen) atoms. The van der Waals surface area contributed by atoms with Crippen molar-refractivity contribution in [2.75, 3.05) is 32.6 Å². The number of hydrogen-bond acceptors (Lipinski definition) is 6. The molecule has 1 unspecified atom stereocenters. The Morgan fingerprint density at radius 1 is 1.16 bits per heavy atom. The molecule has 1 atom stereocenters. The van der Waals surface area contributed by atoms with Gasteiger partial charge >= 0.3 is 0 Å². The van der Waals surface area contributed by atoms with Gasteiger partial charge in [0.05, 0.1) is 25.5 Å². The molecule has 2 aromatic heterocycles. The predicted octanol–water partition coefficient (Wildman–Crippen LogP) is 4.57. The van der Waals surface area contributed by atoms with Crippen molar-refractivity contribution < 1.29 is 14.3 Å². The smallest absolute Gasteiger partial charge is 0.257 e. The molecule has 4 rings (SSSR count). The quantitative estimate of drug-likeness (QED) is 0.652. The Balaban J connectivity index is 1.81. The molecular weight excluding hydrogens is 392 g/mol. The number of carbonyl (C=O) groups excluding carboxylic acids is 1. The van der Waals surface area contributed by atoms with E-state index >= 15 is 0 Å². The summed E-state index contributed by atoms with van der Waals surface area (Å²) in [6, 6.07) is 9.43. The van der Waals surface area contributed by atoms with E-state index in [1.54, 1.807) is 20.4 Å². The molecule has 1 fully saturated rings.